The zero-order valence-electron chi connectivity index (χ0n) is 17.6. The summed E-state index contributed by atoms with van der Waals surface area (Å²) in [5.74, 6) is 2.78. The second-order valence-corrected chi connectivity index (χ2v) is 8.74. The molecule has 156 valence electrons. The van der Waals surface area contributed by atoms with Crippen molar-refractivity contribution in [2.24, 2.45) is 24.8 Å². The highest BCUT2D eigenvalue weighted by Gasteiger charge is 2.40. The molecule has 0 bridgehead atoms. The van der Waals surface area contributed by atoms with Gasteiger partial charge in [-0.25, -0.2) is 0 Å². The molecule has 0 spiro atoms. The normalized spacial score (nSPS) is 23.6. The number of aryl methyl sites for hydroxylation is 2. The van der Waals surface area contributed by atoms with Crippen LogP contribution in [0.2, 0.25) is 0 Å². The van der Waals surface area contributed by atoms with Crippen LogP contribution >= 0.6 is 0 Å². The third-order valence-corrected chi connectivity index (χ3v) is 6.43. The van der Waals surface area contributed by atoms with Crippen molar-refractivity contribution in [3.05, 3.63) is 54.1 Å². The summed E-state index contributed by atoms with van der Waals surface area (Å²) in [6.45, 7) is 6.03. The number of ether oxygens (including phenoxy) is 1. The number of hydrogen-bond acceptors (Lipinski definition) is 6. The Bertz CT molecular complexity index is 973. The predicted molar refractivity (Wildman–Crippen MR) is 114 cm³/mol. The molecular formula is C23H28N6O. The fraction of sp³-hybridized carbons (Fsp3) is 0.478. The molecule has 1 unspecified atom stereocenters. The van der Waals surface area contributed by atoms with E-state index in [0.29, 0.717) is 11.8 Å². The van der Waals surface area contributed by atoms with E-state index >= 15 is 0 Å². The van der Waals surface area contributed by atoms with Crippen molar-refractivity contribution in [3.8, 4) is 17.1 Å². The first-order chi connectivity index (χ1) is 14.6. The average Bonchev–Trinajstić information content (AvgIpc) is 3.40. The Morgan fingerprint density at radius 3 is 2.53 bits per heavy atom. The van der Waals surface area contributed by atoms with Gasteiger partial charge in [0.25, 0.3) is 0 Å². The van der Waals surface area contributed by atoms with Crippen LogP contribution in [0, 0.1) is 24.7 Å². The second-order valence-electron chi connectivity index (χ2n) is 8.74. The maximum Gasteiger partial charge on any atom is 0.233 e. The minimum atomic E-state index is 0.606. The lowest BCUT2D eigenvalue weighted by molar-refractivity contribution is 0.219. The van der Waals surface area contributed by atoms with Crippen molar-refractivity contribution in [1.82, 2.24) is 29.9 Å². The Kier molecular flexibility index (Phi) is 5.21. The number of likely N-dealkylation sites (tertiary alicyclic amines) is 1. The van der Waals surface area contributed by atoms with Crippen LogP contribution in [0.4, 0.5) is 0 Å². The second kappa shape index (κ2) is 8.14. The summed E-state index contributed by atoms with van der Waals surface area (Å²) in [6.07, 6.45) is 6.33. The highest BCUT2D eigenvalue weighted by molar-refractivity contribution is 5.60. The molecule has 7 heteroatoms. The molecule has 30 heavy (non-hydrogen) atoms. The van der Waals surface area contributed by atoms with Crippen LogP contribution < -0.4 is 4.74 Å². The summed E-state index contributed by atoms with van der Waals surface area (Å²) in [7, 11) is 1.91. The van der Waals surface area contributed by atoms with Crippen LogP contribution in [0.3, 0.4) is 0 Å². The van der Waals surface area contributed by atoms with E-state index in [2.05, 4.69) is 37.3 Å². The summed E-state index contributed by atoms with van der Waals surface area (Å²) >= 11 is 0. The minimum Gasteiger partial charge on any atom is -0.476 e. The Morgan fingerprint density at radius 1 is 1.07 bits per heavy atom. The van der Waals surface area contributed by atoms with Gasteiger partial charge in [-0.2, -0.15) is 5.10 Å². The van der Waals surface area contributed by atoms with E-state index < -0.39 is 0 Å². The van der Waals surface area contributed by atoms with Crippen LogP contribution in [0.25, 0.3) is 11.3 Å². The van der Waals surface area contributed by atoms with Gasteiger partial charge < -0.3 is 4.74 Å². The van der Waals surface area contributed by atoms with Gasteiger partial charge in [0.1, 0.15) is 0 Å². The minimum absolute atomic E-state index is 0.606. The first-order valence-corrected chi connectivity index (χ1v) is 10.7. The number of rotatable bonds is 6. The zero-order valence-corrected chi connectivity index (χ0v) is 17.6. The monoisotopic (exact) mass is 404 g/mol. The molecule has 2 aliphatic rings. The molecule has 3 atom stereocenters. The molecule has 1 aliphatic heterocycles. The molecule has 5 rings (SSSR count). The van der Waals surface area contributed by atoms with Gasteiger partial charge >= 0.3 is 0 Å². The summed E-state index contributed by atoms with van der Waals surface area (Å²) in [5, 5.41) is 13.0. The summed E-state index contributed by atoms with van der Waals surface area (Å²) in [5.41, 5.74) is 3.96. The number of nitrogens with zero attached hydrogens (tertiary/aromatic N) is 6. The Balaban J connectivity index is 1.11. The van der Waals surface area contributed by atoms with Crippen molar-refractivity contribution in [2.45, 2.75) is 26.3 Å². The zero-order chi connectivity index (χ0) is 20.5. The van der Waals surface area contributed by atoms with E-state index in [1.807, 2.05) is 44.6 Å². The number of fused-ring (bicyclic) bond motifs is 1. The smallest absolute Gasteiger partial charge is 0.233 e. The van der Waals surface area contributed by atoms with E-state index in [9.17, 15) is 0 Å². The van der Waals surface area contributed by atoms with E-state index in [4.69, 9.17) is 4.74 Å². The van der Waals surface area contributed by atoms with Gasteiger partial charge in [-0.15, -0.1) is 10.2 Å². The highest BCUT2D eigenvalue weighted by atomic mass is 16.5. The molecule has 0 N–H and O–H groups in total. The van der Waals surface area contributed by atoms with Crippen LogP contribution in [0.5, 0.6) is 5.88 Å². The standard InChI is InChI=1S/C23H28N6O/c1-16-21(14-28(2)27-16)22-6-7-23(26-25-22)30-15-17-9-18-11-29(12-19(18)10-17)13-20-5-3-4-8-24-20/h3-8,14,17-19H,9-13,15H2,1-2H3/t17?,18-,19+. The van der Waals surface area contributed by atoms with E-state index in [1.165, 1.54) is 31.6 Å². The van der Waals surface area contributed by atoms with Crippen LogP contribution in [-0.4, -0.2) is 49.6 Å². The van der Waals surface area contributed by atoms with Gasteiger partial charge in [0, 0.05) is 50.7 Å². The van der Waals surface area contributed by atoms with Gasteiger partial charge in [-0.05, 0) is 55.7 Å². The van der Waals surface area contributed by atoms with Crippen LogP contribution in [0.15, 0.2) is 42.7 Å². The number of pyridine rings is 1. The largest absolute Gasteiger partial charge is 0.476 e. The fourth-order valence-corrected chi connectivity index (χ4v) is 5.10. The molecule has 3 aromatic heterocycles. The summed E-state index contributed by atoms with van der Waals surface area (Å²) < 4.78 is 7.78. The lowest BCUT2D eigenvalue weighted by Crippen LogP contribution is -2.23. The van der Waals surface area contributed by atoms with Gasteiger partial charge in [0.2, 0.25) is 5.88 Å². The molecule has 0 amide bonds. The molecule has 7 nitrogen and oxygen atoms in total. The number of aromatic nitrogens is 5. The molecule has 2 fully saturated rings. The molecule has 4 heterocycles. The maximum atomic E-state index is 5.99. The van der Waals surface area contributed by atoms with Crippen molar-refractivity contribution in [1.29, 1.82) is 0 Å². The molecule has 0 aromatic carbocycles. The van der Waals surface area contributed by atoms with E-state index in [0.717, 1.165) is 41.9 Å². The molecule has 1 aliphatic carbocycles. The van der Waals surface area contributed by atoms with Gasteiger partial charge in [0.05, 0.1) is 23.7 Å². The fourth-order valence-electron chi connectivity index (χ4n) is 5.10. The maximum absolute atomic E-state index is 5.99. The van der Waals surface area contributed by atoms with E-state index in [-0.39, 0.29) is 0 Å². The first kappa shape index (κ1) is 19.2. The highest BCUT2D eigenvalue weighted by Crippen LogP contribution is 2.42. The molecule has 1 saturated heterocycles. The first-order valence-electron chi connectivity index (χ1n) is 10.7. The molecule has 3 aromatic rings. The van der Waals surface area contributed by atoms with Crippen molar-refractivity contribution >= 4 is 0 Å². The number of hydrogen-bond donors (Lipinski definition) is 0. The molecular weight excluding hydrogens is 376 g/mol. The molecule has 1 saturated carbocycles. The summed E-state index contributed by atoms with van der Waals surface area (Å²) in [4.78, 5) is 7.02. The van der Waals surface area contributed by atoms with Gasteiger partial charge in [-0.3, -0.25) is 14.6 Å². The Labute approximate surface area is 177 Å². The third-order valence-electron chi connectivity index (χ3n) is 6.43. The lowest BCUT2D eigenvalue weighted by atomic mass is 10.0. The van der Waals surface area contributed by atoms with Crippen molar-refractivity contribution in [2.75, 3.05) is 19.7 Å². The summed E-state index contributed by atoms with van der Waals surface area (Å²) in [6, 6.07) is 10.0. The molecule has 0 radical (unpaired) electrons. The lowest BCUT2D eigenvalue weighted by Gasteiger charge is -2.18. The van der Waals surface area contributed by atoms with Crippen molar-refractivity contribution in [3.63, 3.8) is 0 Å². The van der Waals surface area contributed by atoms with Crippen molar-refractivity contribution < 1.29 is 4.74 Å². The quantitative estimate of drug-likeness (QED) is 0.629. The predicted octanol–water partition coefficient (Wildman–Crippen LogP) is 3.12. The van der Waals surface area contributed by atoms with Gasteiger partial charge in [-0.1, -0.05) is 6.07 Å². The Hall–Kier alpha value is -2.80. The SMILES string of the molecule is Cc1nn(C)cc1-c1ccc(OCC2C[C@@H]3CN(Cc4ccccn4)C[C@@H]3C2)nn1. The third kappa shape index (κ3) is 4.07. The topological polar surface area (TPSA) is 69.0 Å². The van der Waals surface area contributed by atoms with E-state index in [1.54, 1.807) is 4.68 Å². The average molecular weight is 405 g/mol. The van der Waals surface area contributed by atoms with Crippen LogP contribution in [0.1, 0.15) is 24.2 Å². The van der Waals surface area contributed by atoms with Gasteiger partial charge in [0.15, 0.2) is 0 Å². The Morgan fingerprint density at radius 2 is 1.90 bits per heavy atom. The van der Waals surface area contributed by atoms with Crippen LogP contribution in [-0.2, 0) is 13.6 Å².